The molecule has 0 radical (unpaired) electrons. The van der Waals surface area contributed by atoms with E-state index in [1.807, 2.05) is 18.4 Å². The van der Waals surface area contributed by atoms with E-state index in [4.69, 9.17) is 9.84 Å². The van der Waals surface area contributed by atoms with Crippen LogP contribution in [-0.4, -0.2) is 18.2 Å². The fourth-order valence-electron chi connectivity index (χ4n) is 1.72. The van der Waals surface area contributed by atoms with Crippen molar-refractivity contribution in [1.29, 1.82) is 0 Å². The van der Waals surface area contributed by atoms with E-state index in [0.29, 0.717) is 5.75 Å². The first kappa shape index (κ1) is 11.7. The van der Waals surface area contributed by atoms with Crippen LogP contribution in [0.15, 0.2) is 29.6 Å². The lowest BCUT2D eigenvalue weighted by Gasteiger charge is -2.09. The first-order valence-electron chi connectivity index (χ1n) is 5.09. The van der Waals surface area contributed by atoms with E-state index in [1.165, 1.54) is 0 Å². The normalized spacial score (nSPS) is 10.2. The minimum atomic E-state index is -0.929. The molecule has 0 aliphatic heterocycles. The molecule has 0 atom stereocenters. The van der Waals surface area contributed by atoms with Crippen LogP contribution in [0, 0.1) is 6.92 Å². The van der Waals surface area contributed by atoms with Crippen molar-refractivity contribution in [3.63, 3.8) is 0 Å². The Morgan fingerprint density at radius 2 is 2.06 bits per heavy atom. The molecule has 0 aliphatic carbocycles. The lowest BCUT2D eigenvalue weighted by Crippen LogP contribution is -1.97. The first-order valence-corrected chi connectivity index (χ1v) is 5.97. The van der Waals surface area contributed by atoms with Crippen molar-refractivity contribution in [2.45, 2.75) is 6.92 Å². The molecule has 88 valence electrons. The highest BCUT2D eigenvalue weighted by molar-refractivity contribution is 7.10. The van der Waals surface area contributed by atoms with E-state index in [9.17, 15) is 4.79 Å². The van der Waals surface area contributed by atoms with Gasteiger partial charge in [0.1, 0.15) is 5.75 Å². The molecule has 0 saturated carbocycles. The summed E-state index contributed by atoms with van der Waals surface area (Å²) in [6, 6.07) is 6.86. The van der Waals surface area contributed by atoms with Crippen LogP contribution in [-0.2, 0) is 0 Å². The zero-order chi connectivity index (χ0) is 12.4. The van der Waals surface area contributed by atoms with Gasteiger partial charge in [0, 0.05) is 10.4 Å². The predicted molar refractivity (Wildman–Crippen MR) is 68.0 cm³/mol. The molecule has 0 spiro atoms. The molecule has 0 fully saturated rings. The second-order valence-corrected chi connectivity index (χ2v) is 4.73. The Bertz CT molecular complexity index is 558. The largest absolute Gasteiger partial charge is 0.496 e. The molecule has 0 aliphatic rings. The average Bonchev–Trinajstić information content (AvgIpc) is 2.74. The number of hydrogen-bond donors (Lipinski definition) is 1. The van der Waals surface area contributed by atoms with Crippen LogP contribution >= 0.6 is 11.3 Å². The second-order valence-electron chi connectivity index (χ2n) is 3.61. The van der Waals surface area contributed by atoms with E-state index in [0.717, 1.165) is 16.0 Å². The topological polar surface area (TPSA) is 46.5 Å². The van der Waals surface area contributed by atoms with Crippen LogP contribution in [0.4, 0.5) is 0 Å². The number of hydrogen-bond acceptors (Lipinski definition) is 3. The van der Waals surface area contributed by atoms with Crippen molar-refractivity contribution >= 4 is 17.3 Å². The lowest BCUT2D eigenvalue weighted by molar-refractivity contribution is 0.0697. The second kappa shape index (κ2) is 4.59. The molecule has 1 N–H and O–H groups in total. The molecule has 4 heteroatoms. The van der Waals surface area contributed by atoms with Gasteiger partial charge in [0.15, 0.2) is 0 Å². The van der Waals surface area contributed by atoms with Crippen molar-refractivity contribution < 1.29 is 14.6 Å². The number of carboxylic acid groups (broad SMARTS) is 1. The van der Waals surface area contributed by atoms with Gasteiger partial charge in [-0.1, -0.05) is 0 Å². The molecule has 0 amide bonds. The molecule has 0 unspecified atom stereocenters. The Labute approximate surface area is 103 Å². The summed E-state index contributed by atoms with van der Waals surface area (Å²) in [4.78, 5) is 12.1. The predicted octanol–water partition coefficient (Wildman–Crippen LogP) is 3.43. The number of carbonyl (C=O) groups is 1. The van der Waals surface area contributed by atoms with Crippen LogP contribution in [0.3, 0.4) is 0 Å². The van der Waals surface area contributed by atoms with E-state index in [2.05, 4.69) is 0 Å². The van der Waals surface area contributed by atoms with Gasteiger partial charge in [0.05, 0.1) is 12.7 Å². The monoisotopic (exact) mass is 248 g/mol. The Hall–Kier alpha value is -1.81. The SMILES string of the molecule is COc1ccc(C(=O)O)cc1-c1ccsc1C. The molecule has 2 aromatic rings. The number of aryl methyl sites for hydroxylation is 1. The molecular formula is C13H12O3S. The van der Waals surface area contributed by atoms with E-state index in [-0.39, 0.29) is 5.56 Å². The van der Waals surface area contributed by atoms with Gasteiger partial charge in [-0.05, 0) is 42.1 Å². The molecule has 1 aromatic heterocycles. The minimum absolute atomic E-state index is 0.270. The van der Waals surface area contributed by atoms with Gasteiger partial charge in [0.2, 0.25) is 0 Å². The molecule has 1 heterocycles. The molecule has 1 aromatic carbocycles. The summed E-state index contributed by atoms with van der Waals surface area (Å²) >= 11 is 1.63. The third-order valence-corrected chi connectivity index (χ3v) is 3.44. The van der Waals surface area contributed by atoms with Gasteiger partial charge in [-0.15, -0.1) is 11.3 Å². The highest BCUT2D eigenvalue weighted by Crippen LogP contribution is 2.35. The maximum Gasteiger partial charge on any atom is 0.335 e. The smallest absolute Gasteiger partial charge is 0.335 e. The highest BCUT2D eigenvalue weighted by Gasteiger charge is 2.12. The average molecular weight is 248 g/mol. The molecule has 0 bridgehead atoms. The number of aromatic carboxylic acids is 1. The Morgan fingerprint density at radius 3 is 2.59 bits per heavy atom. The number of ether oxygens (including phenoxy) is 1. The Balaban J connectivity index is 2.61. The maximum absolute atomic E-state index is 11.0. The van der Waals surface area contributed by atoms with Crippen molar-refractivity contribution in [3.8, 4) is 16.9 Å². The molecule has 17 heavy (non-hydrogen) atoms. The fraction of sp³-hybridized carbons (Fsp3) is 0.154. The van der Waals surface area contributed by atoms with E-state index < -0.39 is 5.97 Å². The summed E-state index contributed by atoms with van der Waals surface area (Å²) in [7, 11) is 1.58. The summed E-state index contributed by atoms with van der Waals surface area (Å²) in [5.41, 5.74) is 2.12. The van der Waals surface area contributed by atoms with Crippen molar-refractivity contribution in [2.75, 3.05) is 7.11 Å². The quantitative estimate of drug-likeness (QED) is 0.905. The van der Waals surface area contributed by atoms with Crippen molar-refractivity contribution in [2.24, 2.45) is 0 Å². The summed E-state index contributed by atoms with van der Waals surface area (Å²) in [5.74, 6) is -0.238. The lowest BCUT2D eigenvalue weighted by atomic mass is 10.0. The number of rotatable bonds is 3. The number of benzene rings is 1. The summed E-state index contributed by atoms with van der Waals surface area (Å²) < 4.78 is 5.27. The minimum Gasteiger partial charge on any atom is -0.496 e. The zero-order valence-electron chi connectivity index (χ0n) is 9.56. The summed E-state index contributed by atoms with van der Waals surface area (Å²) in [6.45, 7) is 2.01. The van der Waals surface area contributed by atoms with Gasteiger partial charge in [-0.25, -0.2) is 4.79 Å². The van der Waals surface area contributed by atoms with Crippen LogP contribution in [0.1, 0.15) is 15.2 Å². The summed E-state index contributed by atoms with van der Waals surface area (Å²) in [5, 5.41) is 11.0. The molecular weight excluding hydrogens is 236 g/mol. The molecule has 3 nitrogen and oxygen atoms in total. The van der Waals surface area contributed by atoms with Gasteiger partial charge >= 0.3 is 5.97 Å². The third kappa shape index (κ3) is 2.17. The summed E-state index contributed by atoms with van der Waals surface area (Å²) in [6.07, 6.45) is 0. The zero-order valence-corrected chi connectivity index (χ0v) is 10.4. The third-order valence-electron chi connectivity index (χ3n) is 2.60. The van der Waals surface area contributed by atoms with Crippen molar-refractivity contribution in [3.05, 3.63) is 40.1 Å². The van der Waals surface area contributed by atoms with Gasteiger partial charge in [-0.3, -0.25) is 0 Å². The number of carboxylic acids is 1. The van der Waals surface area contributed by atoms with Crippen LogP contribution in [0.25, 0.3) is 11.1 Å². The number of methoxy groups -OCH3 is 1. The first-order chi connectivity index (χ1) is 8.13. The Kier molecular flexibility index (Phi) is 3.15. The Morgan fingerprint density at radius 1 is 1.29 bits per heavy atom. The van der Waals surface area contributed by atoms with E-state index in [1.54, 1.807) is 36.6 Å². The standard InChI is InChI=1S/C13H12O3S/c1-8-10(5-6-17-8)11-7-9(13(14)15)3-4-12(11)16-2/h3-7H,1-2H3,(H,14,15). The van der Waals surface area contributed by atoms with E-state index >= 15 is 0 Å². The fourth-order valence-corrected chi connectivity index (χ4v) is 2.43. The maximum atomic E-state index is 11.0. The van der Waals surface area contributed by atoms with Crippen LogP contribution in [0.2, 0.25) is 0 Å². The molecule has 2 rings (SSSR count). The van der Waals surface area contributed by atoms with Gasteiger partial charge in [0.25, 0.3) is 0 Å². The van der Waals surface area contributed by atoms with Crippen LogP contribution in [0.5, 0.6) is 5.75 Å². The highest BCUT2D eigenvalue weighted by atomic mass is 32.1. The number of thiophene rings is 1. The van der Waals surface area contributed by atoms with Crippen molar-refractivity contribution in [1.82, 2.24) is 0 Å². The molecule has 0 saturated heterocycles. The van der Waals surface area contributed by atoms with Gasteiger partial charge in [-0.2, -0.15) is 0 Å². The van der Waals surface area contributed by atoms with Gasteiger partial charge < -0.3 is 9.84 Å². The van der Waals surface area contributed by atoms with Crippen LogP contribution < -0.4 is 4.74 Å².